The van der Waals surface area contributed by atoms with Crippen LogP contribution in [0.15, 0.2) is 24.4 Å². The number of hydrogen-bond acceptors (Lipinski definition) is 8. The number of aromatic nitrogens is 5. The van der Waals surface area contributed by atoms with E-state index < -0.39 is 0 Å². The number of carbonyl (C=O) groups is 1. The van der Waals surface area contributed by atoms with Crippen LogP contribution in [0.25, 0.3) is 5.82 Å². The van der Waals surface area contributed by atoms with Gasteiger partial charge in [-0.3, -0.25) is 15.0 Å². The molecule has 1 amide bonds. The van der Waals surface area contributed by atoms with Crippen LogP contribution in [0, 0.1) is 20.8 Å². The van der Waals surface area contributed by atoms with Crippen molar-refractivity contribution in [1.82, 2.24) is 29.9 Å². The summed E-state index contributed by atoms with van der Waals surface area (Å²) < 4.78 is 1.90. The number of nitrogens with zero attached hydrogens (tertiary/aromatic N) is 7. The normalized spacial score (nSPS) is 14.9. The zero-order chi connectivity index (χ0) is 20.4. The van der Waals surface area contributed by atoms with Crippen molar-refractivity contribution >= 4 is 28.1 Å². The lowest BCUT2D eigenvalue weighted by molar-refractivity contribution is -0.117. The maximum absolute atomic E-state index is 12.3. The van der Waals surface area contributed by atoms with Crippen LogP contribution in [0.3, 0.4) is 0 Å². The molecule has 3 aromatic rings. The van der Waals surface area contributed by atoms with Crippen molar-refractivity contribution in [2.24, 2.45) is 0 Å². The lowest BCUT2D eigenvalue weighted by atomic mass is 10.2. The minimum atomic E-state index is -0.0510. The molecule has 4 heterocycles. The Labute approximate surface area is 173 Å². The third kappa shape index (κ3) is 4.28. The summed E-state index contributed by atoms with van der Waals surface area (Å²) >= 11 is 1.38. The molecule has 10 heteroatoms. The van der Waals surface area contributed by atoms with Crippen molar-refractivity contribution in [2.75, 3.05) is 42.9 Å². The molecule has 9 nitrogen and oxygen atoms in total. The SMILES string of the molecule is Cc1nnc(NC(=O)CN2CCN(c3c(C)nn(-c4ccccn4)c3C)CC2)s1. The Morgan fingerprint density at radius 2 is 1.93 bits per heavy atom. The number of rotatable bonds is 5. The van der Waals surface area contributed by atoms with E-state index >= 15 is 0 Å². The molecule has 0 spiro atoms. The minimum Gasteiger partial charge on any atom is -0.366 e. The van der Waals surface area contributed by atoms with Gasteiger partial charge in [-0.2, -0.15) is 5.10 Å². The molecular formula is C19H24N8OS. The molecule has 1 saturated heterocycles. The average Bonchev–Trinajstić information content (AvgIpc) is 3.25. The molecule has 0 aromatic carbocycles. The summed E-state index contributed by atoms with van der Waals surface area (Å²) in [7, 11) is 0. The first-order valence-electron chi connectivity index (χ1n) is 9.56. The van der Waals surface area contributed by atoms with Crippen LogP contribution in [0.2, 0.25) is 0 Å². The number of anilines is 2. The zero-order valence-electron chi connectivity index (χ0n) is 16.8. The van der Waals surface area contributed by atoms with E-state index in [1.165, 1.54) is 11.3 Å². The molecule has 1 aliphatic heterocycles. The van der Waals surface area contributed by atoms with Crippen molar-refractivity contribution in [2.45, 2.75) is 20.8 Å². The van der Waals surface area contributed by atoms with Gasteiger partial charge in [-0.05, 0) is 32.9 Å². The number of aryl methyl sites for hydroxylation is 2. The fraction of sp³-hybridized carbons (Fsp3) is 0.421. The third-order valence-electron chi connectivity index (χ3n) is 4.95. The van der Waals surface area contributed by atoms with E-state index in [4.69, 9.17) is 5.10 Å². The van der Waals surface area contributed by atoms with Gasteiger partial charge in [0.05, 0.1) is 23.6 Å². The molecule has 0 atom stereocenters. The summed E-state index contributed by atoms with van der Waals surface area (Å²) in [6.45, 7) is 9.66. The van der Waals surface area contributed by atoms with Gasteiger partial charge in [0.25, 0.3) is 0 Å². The van der Waals surface area contributed by atoms with Crippen LogP contribution < -0.4 is 10.2 Å². The Bertz CT molecular complexity index is 991. The van der Waals surface area contributed by atoms with Crippen molar-refractivity contribution in [3.63, 3.8) is 0 Å². The molecule has 4 rings (SSSR count). The molecule has 0 bridgehead atoms. The fourth-order valence-corrected chi connectivity index (χ4v) is 4.24. The van der Waals surface area contributed by atoms with Gasteiger partial charge in [-0.1, -0.05) is 17.4 Å². The van der Waals surface area contributed by atoms with Crippen LogP contribution >= 0.6 is 11.3 Å². The van der Waals surface area contributed by atoms with Gasteiger partial charge in [-0.15, -0.1) is 10.2 Å². The molecule has 1 fully saturated rings. The second-order valence-electron chi connectivity index (χ2n) is 7.06. The van der Waals surface area contributed by atoms with Gasteiger partial charge in [0.1, 0.15) is 5.01 Å². The highest BCUT2D eigenvalue weighted by atomic mass is 32.1. The van der Waals surface area contributed by atoms with Gasteiger partial charge >= 0.3 is 0 Å². The molecule has 0 unspecified atom stereocenters. The van der Waals surface area contributed by atoms with Gasteiger partial charge in [0.15, 0.2) is 5.82 Å². The zero-order valence-corrected chi connectivity index (χ0v) is 17.6. The first-order chi connectivity index (χ1) is 14.0. The van der Waals surface area contributed by atoms with Gasteiger partial charge in [0, 0.05) is 32.4 Å². The number of pyridine rings is 1. The molecule has 0 radical (unpaired) electrons. The fourth-order valence-electron chi connectivity index (χ4n) is 3.63. The Balaban J connectivity index is 1.37. The van der Waals surface area contributed by atoms with Crippen molar-refractivity contribution in [3.05, 3.63) is 40.8 Å². The maximum Gasteiger partial charge on any atom is 0.240 e. The number of nitrogens with one attached hydrogen (secondary N) is 1. The Kier molecular flexibility index (Phi) is 5.54. The van der Waals surface area contributed by atoms with E-state index in [0.29, 0.717) is 11.7 Å². The number of carbonyl (C=O) groups excluding carboxylic acids is 1. The number of piperazine rings is 1. The third-order valence-corrected chi connectivity index (χ3v) is 5.70. The van der Waals surface area contributed by atoms with Crippen LogP contribution in [0.4, 0.5) is 10.8 Å². The summed E-state index contributed by atoms with van der Waals surface area (Å²) in [5.74, 6) is 0.770. The summed E-state index contributed by atoms with van der Waals surface area (Å²) in [6, 6.07) is 5.82. The van der Waals surface area contributed by atoms with Gasteiger partial charge in [-0.25, -0.2) is 9.67 Å². The molecule has 152 valence electrons. The van der Waals surface area contributed by atoms with E-state index in [1.54, 1.807) is 6.20 Å². The molecule has 0 aliphatic carbocycles. The second-order valence-corrected chi connectivity index (χ2v) is 8.24. The molecule has 3 aromatic heterocycles. The average molecular weight is 413 g/mol. The summed E-state index contributed by atoms with van der Waals surface area (Å²) in [5.41, 5.74) is 3.23. The Hall–Kier alpha value is -2.85. The largest absolute Gasteiger partial charge is 0.366 e. The predicted octanol–water partition coefficient (Wildman–Crippen LogP) is 1.80. The smallest absolute Gasteiger partial charge is 0.240 e. The monoisotopic (exact) mass is 412 g/mol. The van der Waals surface area contributed by atoms with Crippen LogP contribution in [0.1, 0.15) is 16.4 Å². The van der Waals surface area contributed by atoms with Crippen molar-refractivity contribution in [1.29, 1.82) is 0 Å². The summed E-state index contributed by atoms with van der Waals surface area (Å²) in [6.07, 6.45) is 1.78. The molecule has 1 N–H and O–H groups in total. The van der Waals surface area contributed by atoms with Crippen LogP contribution in [-0.4, -0.2) is 68.5 Å². The standard InChI is InChI=1S/C19H24N8OS/c1-13-18(14(2)27(24-13)16-6-4-5-7-20-16)26-10-8-25(9-11-26)12-17(28)21-19-23-22-15(3)29-19/h4-7H,8-12H2,1-3H3,(H,21,23,28). The van der Waals surface area contributed by atoms with E-state index in [2.05, 4.69) is 37.2 Å². The highest BCUT2D eigenvalue weighted by Gasteiger charge is 2.24. The summed E-state index contributed by atoms with van der Waals surface area (Å²) in [4.78, 5) is 21.2. The quantitative estimate of drug-likeness (QED) is 0.683. The van der Waals surface area contributed by atoms with Crippen LogP contribution in [-0.2, 0) is 4.79 Å². The molecular weight excluding hydrogens is 388 g/mol. The summed E-state index contributed by atoms with van der Waals surface area (Å²) in [5, 5.41) is 16.8. The van der Waals surface area contributed by atoms with E-state index in [1.807, 2.05) is 36.7 Å². The highest BCUT2D eigenvalue weighted by Crippen LogP contribution is 2.27. The molecule has 0 saturated carbocycles. The first kappa shape index (κ1) is 19.5. The highest BCUT2D eigenvalue weighted by molar-refractivity contribution is 7.15. The van der Waals surface area contributed by atoms with E-state index in [0.717, 1.165) is 54.1 Å². The predicted molar refractivity (Wildman–Crippen MR) is 113 cm³/mol. The number of hydrogen-bond donors (Lipinski definition) is 1. The topological polar surface area (TPSA) is 92.1 Å². The first-order valence-corrected chi connectivity index (χ1v) is 10.4. The molecule has 1 aliphatic rings. The van der Waals surface area contributed by atoms with Crippen LogP contribution in [0.5, 0.6) is 0 Å². The van der Waals surface area contributed by atoms with Crippen molar-refractivity contribution < 1.29 is 4.79 Å². The molecule has 29 heavy (non-hydrogen) atoms. The lowest BCUT2D eigenvalue weighted by Crippen LogP contribution is -2.49. The lowest BCUT2D eigenvalue weighted by Gasteiger charge is -2.35. The Morgan fingerprint density at radius 3 is 2.59 bits per heavy atom. The van der Waals surface area contributed by atoms with E-state index in [-0.39, 0.29) is 5.91 Å². The maximum atomic E-state index is 12.3. The number of amides is 1. The van der Waals surface area contributed by atoms with E-state index in [9.17, 15) is 4.79 Å². The second kappa shape index (κ2) is 8.26. The van der Waals surface area contributed by atoms with Gasteiger partial charge in [0.2, 0.25) is 11.0 Å². The van der Waals surface area contributed by atoms with Gasteiger partial charge < -0.3 is 4.90 Å². The Morgan fingerprint density at radius 1 is 1.14 bits per heavy atom. The minimum absolute atomic E-state index is 0.0510. The van der Waals surface area contributed by atoms with Crippen molar-refractivity contribution in [3.8, 4) is 5.82 Å².